The van der Waals surface area contributed by atoms with Crippen LogP contribution >= 0.6 is 11.6 Å². The third-order valence-corrected chi connectivity index (χ3v) is 3.27. The molecule has 98 valence electrons. The summed E-state index contributed by atoms with van der Waals surface area (Å²) in [6.45, 7) is 0. The maximum absolute atomic E-state index is 12.1. The van der Waals surface area contributed by atoms with Gasteiger partial charge in [0, 0.05) is 18.8 Å². The van der Waals surface area contributed by atoms with Gasteiger partial charge in [0.1, 0.15) is 0 Å². The third kappa shape index (κ3) is 3.88. The number of hydrogen-bond donors (Lipinski definition) is 1. The molecule has 1 aromatic carbocycles. The second kappa shape index (κ2) is 6.45. The number of aromatic nitrogens is 1. The van der Waals surface area contributed by atoms with E-state index in [0.717, 1.165) is 11.1 Å². The molecular formula is C15H15ClN2O. The normalized spacial score (nSPS) is 12.1. The largest absolute Gasteiger partial charge is 0.321 e. The fraction of sp³-hybridized carbons (Fsp3) is 0.200. The lowest BCUT2D eigenvalue weighted by Gasteiger charge is -2.11. The highest BCUT2D eigenvalue weighted by Crippen LogP contribution is 2.15. The molecule has 0 aliphatic rings. The van der Waals surface area contributed by atoms with Crippen LogP contribution in [0.25, 0.3) is 0 Å². The number of benzene rings is 1. The average molecular weight is 275 g/mol. The number of rotatable bonds is 5. The predicted molar refractivity (Wildman–Crippen MR) is 76.1 cm³/mol. The van der Waals surface area contributed by atoms with Crippen LogP contribution in [0.3, 0.4) is 0 Å². The van der Waals surface area contributed by atoms with Crippen LogP contribution in [-0.4, -0.2) is 16.8 Å². The lowest BCUT2D eigenvalue weighted by atomic mass is 9.99. The molecule has 2 aromatic rings. The van der Waals surface area contributed by atoms with Crippen molar-refractivity contribution in [2.24, 2.45) is 5.73 Å². The van der Waals surface area contributed by atoms with E-state index < -0.39 is 6.04 Å². The van der Waals surface area contributed by atoms with Crippen molar-refractivity contribution in [2.45, 2.75) is 18.9 Å². The number of Topliss-reactive ketones (excluding diaryl/α,β-unsaturated/α-hetero) is 1. The number of nitrogens with zero attached hydrogens (tertiary/aromatic N) is 1. The molecule has 0 radical (unpaired) electrons. The fourth-order valence-corrected chi connectivity index (χ4v) is 2.03. The minimum absolute atomic E-state index is 0.0167. The lowest BCUT2D eigenvalue weighted by Crippen LogP contribution is -2.34. The molecule has 2 N–H and O–H groups in total. The van der Waals surface area contributed by atoms with E-state index in [-0.39, 0.29) is 12.2 Å². The van der Waals surface area contributed by atoms with Crippen LogP contribution < -0.4 is 5.73 Å². The first kappa shape index (κ1) is 13.7. The number of ketones is 1. The maximum Gasteiger partial charge on any atom is 0.154 e. The van der Waals surface area contributed by atoms with Crippen LogP contribution in [0.1, 0.15) is 11.1 Å². The first-order chi connectivity index (χ1) is 9.16. The molecule has 1 unspecified atom stereocenters. The summed E-state index contributed by atoms with van der Waals surface area (Å²) in [5.41, 5.74) is 7.77. The number of carbonyl (C=O) groups is 1. The molecule has 4 heteroatoms. The molecule has 1 atom stereocenters. The zero-order valence-electron chi connectivity index (χ0n) is 10.4. The molecular weight excluding hydrogens is 260 g/mol. The molecule has 0 saturated carbocycles. The van der Waals surface area contributed by atoms with Crippen LogP contribution in [0, 0.1) is 0 Å². The molecule has 0 aliphatic carbocycles. The Labute approximate surface area is 117 Å². The molecule has 0 amide bonds. The lowest BCUT2D eigenvalue weighted by molar-refractivity contribution is -0.119. The van der Waals surface area contributed by atoms with Gasteiger partial charge >= 0.3 is 0 Å². The Balaban J connectivity index is 1.99. The van der Waals surface area contributed by atoms with Crippen molar-refractivity contribution in [3.63, 3.8) is 0 Å². The van der Waals surface area contributed by atoms with Crippen molar-refractivity contribution in [2.75, 3.05) is 0 Å². The number of pyridine rings is 1. The molecule has 19 heavy (non-hydrogen) atoms. The summed E-state index contributed by atoms with van der Waals surface area (Å²) in [5.74, 6) is -0.0167. The van der Waals surface area contributed by atoms with E-state index in [4.69, 9.17) is 17.3 Å². The summed E-state index contributed by atoms with van der Waals surface area (Å²) in [5, 5.41) is 0.503. The minimum atomic E-state index is -0.508. The van der Waals surface area contributed by atoms with Gasteiger partial charge < -0.3 is 5.73 Å². The van der Waals surface area contributed by atoms with Crippen molar-refractivity contribution < 1.29 is 4.79 Å². The molecule has 0 saturated heterocycles. The fourth-order valence-electron chi connectivity index (χ4n) is 1.85. The number of hydrogen-bond acceptors (Lipinski definition) is 3. The Bertz CT molecular complexity index is 557. The number of nitrogens with two attached hydrogens (primary N) is 1. The minimum Gasteiger partial charge on any atom is -0.321 e. The Morgan fingerprint density at radius 1 is 1.26 bits per heavy atom. The summed E-state index contributed by atoms with van der Waals surface area (Å²) >= 11 is 5.98. The summed E-state index contributed by atoms with van der Waals surface area (Å²) in [6.07, 6.45) is 3.95. The van der Waals surface area contributed by atoms with E-state index in [9.17, 15) is 4.79 Å². The quantitative estimate of drug-likeness (QED) is 0.911. The summed E-state index contributed by atoms with van der Waals surface area (Å²) in [7, 11) is 0. The molecule has 1 heterocycles. The van der Waals surface area contributed by atoms with Crippen LogP contribution in [-0.2, 0) is 17.6 Å². The van der Waals surface area contributed by atoms with Crippen molar-refractivity contribution in [1.82, 2.24) is 4.98 Å². The molecule has 0 spiro atoms. The highest BCUT2D eigenvalue weighted by Gasteiger charge is 2.15. The van der Waals surface area contributed by atoms with Gasteiger partial charge in [-0.2, -0.15) is 0 Å². The molecule has 1 aromatic heterocycles. The maximum atomic E-state index is 12.1. The van der Waals surface area contributed by atoms with Gasteiger partial charge in [0.05, 0.1) is 11.1 Å². The number of halogens is 1. The van der Waals surface area contributed by atoms with Crippen molar-refractivity contribution in [3.8, 4) is 0 Å². The predicted octanol–water partition coefficient (Wildman–Crippen LogP) is 2.42. The van der Waals surface area contributed by atoms with E-state index in [1.807, 2.05) is 30.3 Å². The van der Waals surface area contributed by atoms with Crippen LogP contribution in [0.2, 0.25) is 5.02 Å². The zero-order valence-corrected chi connectivity index (χ0v) is 11.2. The van der Waals surface area contributed by atoms with Gasteiger partial charge in [-0.1, -0.05) is 41.9 Å². The van der Waals surface area contributed by atoms with E-state index in [1.165, 1.54) is 6.20 Å². The van der Waals surface area contributed by atoms with Crippen LogP contribution in [0.15, 0.2) is 48.8 Å². The van der Waals surface area contributed by atoms with E-state index in [1.54, 1.807) is 12.3 Å². The van der Waals surface area contributed by atoms with Crippen LogP contribution in [0.4, 0.5) is 0 Å². The summed E-state index contributed by atoms with van der Waals surface area (Å²) in [6, 6.07) is 11.0. The van der Waals surface area contributed by atoms with E-state index in [0.29, 0.717) is 11.4 Å². The highest BCUT2D eigenvalue weighted by molar-refractivity contribution is 6.31. The van der Waals surface area contributed by atoms with Gasteiger partial charge in [0.2, 0.25) is 0 Å². The van der Waals surface area contributed by atoms with Crippen molar-refractivity contribution in [3.05, 3.63) is 64.9 Å². The van der Waals surface area contributed by atoms with Gasteiger partial charge in [-0.15, -0.1) is 0 Å². The molecule has 2 rings (SSSR count). The monoisotopic (exact) mass is 274 g/mol. The number of carbonyl (C=O) groups excluding carboxylic acids is 1. The molecule has 3 nitrogen and oxygen atoms in total. The molecule has 0 fully saturated rings. The first-order valence-corrected chi connectivity index (χ1v) is 6.45. The second-order valence-electron chi connectivity index (χ2n) is 4.41. The smallest absolute Gasteiger partial charge is 0.154 e. The van der Waals surface area contributed by atoms with Gasteiger partial charge in [-0.25, -0.2) is 0 Å². The third-order valence-electron chi connectivity index (χ3n) is 2.93. The SMILES string of the molecule is NC(Cc1ccccc1)C(=O)Cc1ccncc1Cl. The topological polar surface area (TPSA) is 56.0 Å². The molecule has 0 aliphatic heterocycles. The molecule has 0 bridgehead atoms. The average Bonchev–Trinajstić information content (AvgIpc) is 2.42. The highest BCUT2D eigenvalue weighted by atomic mass is 35.5. The van der Waals surface area contributed by atoms with Gasteiger partial charge in [-0.05, 0) is 23.6 Å². The summed E-state index contributed by atoms with van der Waals surface area (Å²) in [4.78, 5) is 16.0. The van der Waals surface area contributed by atoms with Gasteiger partial charge in [-0.3, -0.25) is 9.78 Å². The van der Waals surface area contributed by atoms with E-state index in [2.05, 4.69) is 4.98 Å². The second-order valence-corrected chi connectivity index (χ2v) is 4.81. The Hall–Kier alpha value is -1.71. The zero-order chi connectivity index (χ0) is 13.7. The Morgan fingerprint density at radius 3 is 2.68 bits per heavy atom. The first-order valence-electron chi connectivity index (χ1n) is 6.07. The van der Waals surface area contributed by atoms with Crippen molar-refractivity contribution in [1.29, 1.82) is 0 Å². The van der Waals surface area contributed by atoms with E-state index >= 15 is 0 Å². The van der Waals surface area contributed by atoms with Gasteiger partial charge in [0.15, 0.2) is 5.78 Å². The Kier molecular flexibility index (Phi) is 4.66. The Morgan fingerprint density at radius 2 is 2.00 bits per heavy atom. The van der Waals surface area contributed by atoms with Crippen molar-refractivity contribution >= 4 is 17.4 Å². The van der Waals surface area contributed by atoms with Gasteiger partial charge in [0.25, 0.3) is 0 Å². The summed E-state index contributed by atoms with van der Waals surface area (Å²) < 4.78 is 0. The standard InChI is InChI=1S/C15H15ClN2O/c16-13-10-18-7-6-12(13)9-15(19)14(17)8-11-4-2-1-3-5-11/h1-7,10,14H,8-9,17H2. The van der Waals surface area contributed by atoms with Crippen LogP contribution in [0.5, 0.6) is 0 Å².